The predicted molar refractivity (Wildman–Crippen MR) is 99.8 cm³/mol. The standard InChI is InChI=1S/C18H12Br2FNO3/c1-10-14(18(23)25-22-10)7-12-6-13(19)8-15(20)17(12)24-9-11-4-2-3-5-16(11)21/h2-8H,9H2,1H3/b14-7-. The first kappa shape index (κ1) is 17.8. The average Bonchev–Trinajstić information content (AvgIpc) is 2.87. The first-order valence-electron chi connectivity index (χ1n) is 7.29. The van der Waals surface area contributed by atoms with Crippen molar-refractivity contribution in [2.75, 3.05) is 0 Å². The Labute approximate surface area is 160 Å². The van der Waals surface area contributed by atoms with Gasteiger partial charge in [0.05, 0.1) is 15.8 Å². The van der Waals surface area contributed by atoms with Crippen molar-refractivity contribution in [3.63, 3.8) is 0 Å². The molecule has 25 heavy (non-hydrogen) atoms. The van der Waals surface area contributed by atoms with Crippen LogP contribution in [0.15, 0.2) is 56.1 Å². The molecule has 1 heterocycles. The number of hydrogen-bond acceptors (Lipinski definition) is 4. The lowest BCUT2D eigenvalue weighted by Gasteiger charge is -2.13. The summed E-state index contributed by atoms with van der Waals surface area (Å²) in [4.78, 5) is 16.4. The van der Waals surface area contributed by atoms with Crippen LogP contribution in [0.25, 0.3) is 6.08 Å². The van der Waals surface area contributed by atoms with Gasteiger partial charge >= 0.3 is 5.97 Å². The van der Waals surface area contributed by atoms with Crippen LogP contribution in [0.1, 0.15) is 18.1 Å². The summed E-state index contributed by atoms with van der Waals surface area (Å²) in [5.41, 5.74) is 1.91. The second kappa shape index (κ2) is 7.49. The second-order valence-electron chi connectivity index (χ2n) is 5.30. The molecule has 0 bridgehead atoms. The van der Waals surface area contributed by atoms with Gasteiger partial charge in [-0.05, 0) is 47.1 Å². The molecule has 0 fully saturated rings. The minimum atomic E-state index is -0.520. The zero-order chi connectivity index (χ0) is 18.0. The van der Waals surface area contributed by atoms with Crippen molar-refractivity contribution in [3.05, 3.63) is 67.9 Å². The number of carbonyl (C=O) groups excluding carboxylic acids is 1. The molecule has 128 valence electrons. The largest absolute Gasteiger partial charge is 0.487 e. The smallest absolute Gasteiger partial charge is 0.367 e. The van der Waals surface area contributed by atoms with E-state index in [1.807, 2.05) is 6.07 Å². The third kappa shape index (κ3) is 3.99. The fourth-order valence-corrected chi connectivity index (χ4v) is 3.65. The highest BCUT2D eigenvalue weighted by Crippen LogP contribution is 2.35. The normalized spacial score (nSPS) is 15.3. The van der Waals surface area contributed by atoms with Crippen LogP contribution in [0.2, 0.25) is 0 Å². The van der Waals surface area contributed by atoms with Gasteiger partial charge in [-0.3, -0.25) is 0 Å². The van der Waals surface area contributed by atoms with Crippen LogP contribution in [-0.2, 0) is 16.2 Å². The van der Waals surface area contributed by atoms with Crippen LogP contribution in [0.5, 0.6) is 5.75 Å². The zero-order valence-electron chi connectivity index (χ0n) is 13.1. The Morgan fingerprint density at radius 1 is 1.28 bits per heavy atom. The molecule has 0 N–H and O–H groups in total. The Hall–Kier alpha value is -1.99. The SMILES string of the molecule is CC1=NOC(=O)/C1=C\c1cc(Br)cc(Br)c1OCc1ccccc1F. The molecule has 0 aliphatic carbocycles. The maximum atomic E-state index is 13.8. The third-order valence-electron chi connectivity index (χ3n) is 3.54. The second-order valence-corrected chi connectivity index (χ2v) is 7.07. The van der Waals surface area contributed by atoms with E-state index in [9.17, 15) is 9.18 Å². The van der Waals surface area contributed by atoms with E-state index in [1.54, 1.807) is 37.3 Å². The number of benzene rings is 2. The van der Waals surface area contributed by atoms with Gasteiger partial charge in [0.15, 0.2) is 0 Å². The van der Waals surface area contributed by atoms with E-state index in [1.165, 1.54) is 6.07 Å². The van der Waals surface area contributed by atoms with E-state index < -0.39 is 5.97 Å². The van der Waals surface area contributed by atoms with Gasteiger partial charge in [0.1, 0.15) is 18.2 Å². The monoisotopic (exact) mass is 467 g/mol. The van der Waals surface area contributed by atoms with Crippen LogP contribution < -0.4 is 4.74 Å². The van der Waals surface area contributed by atoms with Crippen molar-refractivity contribution in [1.29, 1.82) is 0 Å². The Morgan fingerprint density at radius 2 is 2.04 bits per heavy atom. The van der Waals surface area contributed by atoms with Gasteiger partial charge in [-0.25, -0.2) is 9.18 Å². The van der Waals surface area contributed by atoms with E-state index in [0.717, 1.165) is 4.47 Å². The number of rotatable bonds is 4. The van der Waals surface area contributed by atoms with Crippen molar-refractivity contribution >= 4 is 49.6 Å². The van der Waals surface area contributed by atoms with Crippen LogP contribution in [0, 0.1) is 5.82 Å². The lowest BCUT2D eigenvalue weighted by molar-refractivity contribution is -0.136. The van der Waals surface area contributed by atoms with E-state index in [-0.39, 0.29) is 12.4 Å². The molecule has 0 saturated carbocycles. The molecule has 0 radical (unpaired) electrons. The first-order valence-corrected chi connectivity index (χ1v) is 8.87. The lowest BCUT2D eigenvalue weighted by Crippen LogP contribution is -2.04. The van der Waals surface area contributed by atoms with Gasteiger partial charge in [-0.15, -0.1) is 0 Å². The van der Waals surface area contributed by atoms with Crippen molar-refractivity contribution in [1.82, 2.24) is 0 Å². The van der Waals surface area contributed by atoms with Crippen LogP contribution >= 0.6 is 31.9 Å². The molecule has 0 spiro atoms. The molecule has 0 saturated heterocycles. The molecule has 0 atom stereocenters. The van der Waals surface area contributed by atoms with Gasteiger partial charge in [-0.2, -0.15) is 0 Å². The van der Waals surface area contributed by atoms with Gasteiger partial charge in [0.2, 0.25) is 0 Å². The predicted octanol–water partition coefficient (Wildman–Crippen LogP) is 5.25. The summed E-state index contributed by atoms with van der Waals surface area (Å²) in [7, 11) is 0. The van der Waals surface area contributed by atoms with Crippen molar-refractivity contribution in [2.45, 2.75) is 13.5 Å². The summed E-state index contributed by atoms with van der Waals surface area (Å²) in [5, 5.41) is 3.66. The molecule has 4 nitrogen and oxygen atoms in total. The molecular weight excluding hydrogens is 457 g/mol. The molecule has 0 unspecified atom stereocenters. The zero-order valence-corrected chi connectivity index (χ0v) is 16.2. The van der Waals surface area contributed by atoms with Crippen molar-refractivity contribution < 1.29 is 18.8 Å². The van der Waals surface area contributed by atoms with Crippen molar-refractivity contribution in [3.8, 4) is 5.75 Å². The molecule has 0 amide bonds. The Morgan fingerprint density at radius 3 is 2.72 bits per heavy atom. The van der Waals surface area contributed by atoms with Gasteiger partial charge in [-0.1, -0.05) is 39.3 Å². The number of ether oxygens (including phenoxy) is 1. The van der Waals surface area contributed by atoms with Gasteiger partial charge in [0, 0.05) is 15.6 Å². The summed E-state index contributed by atoms with van der Waals surface area (Å²) < 4.78 is 21.1. The topological polar surface area (TPSA) is 47.9 Å². The minimum absolute atomic E-state index is 0.0561. The fraction of sp³-hybridized carbons (Fsp3) is 0.111. The molecule has 3 rings (SSSR count). The number of hydrogen-bond donors (Lipinski definition) is 0. The highest BCUT2D eigenvalue weighted by atomic mass is 79.9. The molecule has 1 aliphatic heterocycles. The van der Waals surface area contributed by atoms with E-state index in [2.05, 4.69) is 41.9 Å². The minimum Gasteiger partial charge on any atom is -0.487 e. The van der Waals surface area contributed by atoms with Gasteiger partial charge in [0.25, 0.3) is 0 Å². The summed E-state index contributed by atoms with van der Waals surface area (Å²) in [6, 6.07) is 10.0. The summed E-state index contributed by atoms with van der Waals surface area (Å²) in [6.45, 7) is 1.74. The van der Waals surface area contributed by atoms with E-state index in [4.69, 9.17) is 4.74 Å². The molecule has 1 aliphatic rings. The Balaban J connectivity index is 1.96. The van der Waals surface area contributed by atoms with Crippen LogP contribution in [0.4, 0.5) is 4.39 Å². The summed E-state index contributed by atoms with van der Waals surface area (Å²) in [5.74, 6) is -0.363. The highest BCUT2D eigenvalue weighted by Gasteiger charge is 2.23. The maximum Gasteiger partial charge on any atom is 0.367 e. The van der Waals surface area contributed by atoms with Crippen molar-refractivity contribution in [2.24, 2.45) is 5.16 Å². The van der Waals surface area contributed by atoms with E-state index >= 15 is 0 Å². The third-order valence-corrected chi connectivity index (χ3v) is 4.59. The summed E-state index contributed by atoms with van der Waals surface area (Å²) in [6.07, 6.45) is 1.64. The fourth-order valence-electron chi connectivity index (χ4n) is 2.28. The van der Waals surface area contributed by atoms with E-state index in [0.29, 0.717) is 32.6 Å². The number of nitrogens with zero attached hydrogens (tertiary/aromatic N) is 1. The number of oxime groups is 1. The molecule has 0 aromatic heterocycles. The highest BCUT2D eigenvalue weighted by molar-refractivity contribution is 9.11. The Kier molecular flexibility index (Phi) is 5.34. The average molecular weight is 469 g/mol. The quantitative estimate of drug-likeness (QED) is 0.455. The van der Waals surface area contributed by atoms with Gasteiger partial charge < -0.3 is 9.57 Å². The number of halogens is 3. The molecule has 2 aromatic rings. The Bertz CT molecular complexity index is 909. The maximum absolute atomic E-state index is 13.8. The van der Waals surface area contributed by atoms with Crippen LogP contribution in [-0.4, -0.2) is 11.7 Å². The van der Waals surface area contributed by atoms with Crippen LogP contribution in [0.3, 0.4) is 0 Å². The number of carbonyl (C=O) groups is 1. The lowest BCUT2D eigenvalue weighted by atomic mass is 10.1. The molecule has 2 aromatic carbocycles. The molecular formula is C18H12Br2FNO3. The molecule has 7 heteroatoms. The summed E-state index contributed by atoms with van der Waals surface area (Å²) >= 11 is 6.86. The first-order chi connectivity index (χ1) is 12.0.